The lowest BCUT2D eigenvalue weighted by Crippen LogP contribution is -2.15. The van der Waals surface area contributed by atoms with Gasteiger partial charge in [0.15, 0.2) is 0 Å². The number of methoxy groups -OCH3 is 1. The average Bonchev–Trinajstić information content (AvgIpc) is 2.87. The number of hydrogen-bond donors (Lipinski definition) is 1. The number of carbonyl (C=O) groups is 1. The van der Waals surface area contributed by atoms with Crippen LogP contribution in [-0.4, -0.2) is 17.6 Å². The standard InChI is InChI=1S/C16H14N2O2/c1-20-13-8-6-12(7-9-13)18-14-5-3-2-4-11(14)10-15(18)16(17)19/h2-10H,1H3,(H2,17,19). The minimum atomic E-state index is -0.447. The van der Waals surface area contributed by atoms with Crippen LogP contribution in [0.5, 0.6) is 5.75 Å². The molecule has 0 unspecified atom stereocenters. The number of nitrogens with zero attached hydrogens (tertiary/aromatic N) is 1. The van der Waals surface area contributed by atoms with Gasteiger partial charge >= 0.3 is 0 Å². The van der Waals surface area contributed by atoms with Crippen molar-refractivity contribution in [3.63, 3.8) is 0 Å². The van der Waals surface area contributed by atoms with E-state index >= 15 is 0 Å². The molecule has 100 valence electrons. The van der Waals surface area contributed by atoms with Gasteiger partial charge in [0.25, 0.3) is 5.91 Å². The molecular weight excluding hydrogens is 252 g/mol. The first-order chi connectivity index (χ1) is 9.70. The molecule has 0 aliphatic heterocycles. The molecular formula is C16H14N2O2. The second-order valence-corrected chi connectivity index (χ2v) is 4.49. The van der Waals surface area contributed by atoms with Crippen molar-refractivity contribution < 1.29 is 9.53 Å². The summed E-state index contributed by atoms with van der Waals surface area (Å²) in [5, 5.41) is 0.983. The van der Waals surface area contributed by atoms with E-state index < -0.39 is 5.91 Å². The Morgan fingerprint density at radius 2 is 1.80 bits per heavy atom. The summed E-state index contributed by atoms with van der Waals surface area (Å²) in [6, 6.07) is 17.1. The molecule has 2 N–H and O–H groups in total. The van der Waals surface area contributed by atoms with Gasteiger partial charge in [-0.05, 0) is 36.4 Å². The minimum absolute atomic E-state index is 0.447. The SMILES string of the molecule is COc1ccc(-n2c(C(N)=O)cc3ccccc32)cc1. The molecule has 0 atom stereocenters. The van der Waals surface area contributed by atoms with E-state index in [1.807, 2.05) is 59.2 Å². The number of para-hydroxylation sites is 1. The van der Waals surface area contributed by atoms with E-state index in [4.69, 9.17) is 10.5 Å². The molecule has 1 aromatic heterocycles. The number of ether oxygens (including phenoxy) is 1. The topological polar surface area (TPSA) is 57.2 Å². The fourth-order valence-electron chi connectivity index (χ4n) is 2.35. The molecule has 1 heterocycles. The predicted octanol–water partition coefficient (Wildman–Crippen LogP) is 2.74. The van der Waals surface area contributed by atoms with Crippen molar-refractivity contribution in [1.82, 2.24) is 4.57 Å². The maximum atomic E-state index is 11.7. The molecule has 3 aromatic rings. The summed E-state index contributed by atoms with van der Waals surface area (Å²) >= 11 is 0. The largest absolute Gasteiger partial charge is 0.497 e. The number of nitrogens with two attached hydrogens (primary N) is 1. The van der Waals surface area contributed by atoms with E-state index in [0.29, 0.717) is 5.69 Å². The van der Waals surface area contributed by atoms with Crippen LogP contribution in [0.1, 0.15) is 10.5 Å². The van der Waals surface area contributed by atoms with Crippen LogP contribution < -0.4 is 10.5 Å². The van der Waals surface area contributed by atoms with Gasteiger partial charge < -0.3 is 15.0 Å². The Hall–Kier alpha value is -2.75. The Bertz CT molecular complexity index is 773. The van der Waals surface area contributed by atoms with Crippen LogP contribution in [-0.2, 0) is 0 Å². The van der Waals surface area contributed by atoms with Crippen LogP contribution in [0.4, 0.5) is 0 Å². The quantitative estimate of drug-likeness (QED) is 0.792. The van der Waals surface area contributed by atoms with Gasteiger partial charge in [-0.2, -0.15) is 0 Å². The van der Waals surface area contributed by atoms with Crippen LogP contribution in [0.15, 0.2) is 54.6 Å². The molecule has 4 heteroatoms. The lowest BCUT2D eigenvalue weighted by Gasteiger charge is -2.09. The molecule has 3 rings (SSSR count). The smallest absolute Gasteiger partial charge is 0.265 e. The summed E-state index contributed by atoms with van der Waals surface area (Å²) in [6.45, 7) is 0. The molecule has 0 radical (unpaired) electrons. The highest BCUT2D eigenvalue weighted by molar-refractivity contribution is 5.99. The number of amides is 1. The van der Waals surface area contributed by atoms with E-state index in [1.54, 1.807) is 7.11 Å². The molecule has 4 nitrogen and oxygen atoms in total. The van der Waals surface area contributed by atoms with E-state index in [-0.39, 0.29) is 0 Å². The summed E-state index contributed by atoms with van der Waals surface area (Å²) in [7, 11) is 1.62. The van der Waals surface area contributed by atoms with Crippen molar-refractivity contribution >= 4 is 16.8 Å². The Labute approximate surface area is 116 Å². The number of fused-ring (bicyclic) bond motifs is 1. The highest BCUT2D eigenvalue weighted by Gasteiger charge is 2.14. The van der Waals surface area contributed by atoms with Crippen LogP contribution >= 0.6 is 0 Å². The monoisotopic (exact) mass is 266 g/mol. The zero-order chi connectivity index (χ0) is 14.1. The van der Waals surface area contributed by atoms with Gasteiger partial charge in [-0.25, -0.2) is 0 Å². The Kier molecular flexibility index (Phi) is 2.91. The third-order valence-corrected chi connectivity index (χ3v) is 3.29. The average molecular weight is 266 g/mol. The minimum Gasteiger partial charge on any atom is -0.497 e. The fourth-order valence-corrected chi connectivity index (χ4v) is 2.35. The number of benzene rings is 2. The van der Waals surface area contributed by atoms with E-state index in [0.717, 1.165) is 22.3 Å². The van der Waals surface area contributed by atoms with Crippen molar-refractivity contribution in [3.05, 3.63) is 60.3 Å². The van der Waals surface area contributed by atoms with Gasteiger partial charge in [0.1, 0.15) is 11.4 Å². The van der Waals surface area contributed by atoms with Crippen LogP contribution in [0.25, 0.3) is 16.6 Å². The number of carbonyl (C=O) groups excluding carboxylic acids is 1. The van der Waals surface area contributed by atoms with E-state index in [9.17, 15) is 4.79 Å². The van der Waals surface area contributed by atoms with E-state index in [1.165, 1.54) is 0 Å². The number of hydrogen-bond acceptors (Lipinski definition) is 2. The van der Waals surface area contributed by atoms with Gasteiger partial charge in [-0.3, -0.25) is 4.79 Å². The Morgan fingerprint density at radius 3 is 2.45 bits per heavy atom. The van der Waals surface area contributed by atoms with Crippen LogP contribution in [0, 0.1) is 0 Å². The molecule has 0 saturated carbocycles. The van der Waals surface area contributed by atoms with Crippen molar-refractivity contribution in [3.8, 4) is 11.4 Å². The van der Waals surface area contributed by atoms with Crippen molar-refractivity contribution in [2.45, 2.75) is 0 Å². The van der Waals surface area contributed by atoms with Crippen LogP contribution in [0.3, 0.4) is 0 Å². The Balaban J connectivity index is 2.27. The highest BCUT2D eigenvalue weighted by atomic mass is 16.5. The molecule has 0 bridgehead atoms. The second kappa shape index (κ2) is 4.74. The van der Waals surface area contributed by atoms with Gasteiger partial charge in [0.2, 0.25) is 0 Å². The van der Waals surface area contributed by atoms with Gasteiger partial charge in [-0.1, -0.05) is 18.2 Å². The van der Waals surface area contributed by atoms with Crippen molar-refractivity contribution in [1.29, 1.82) is 0 Å². The van der Waals surface area contributed by atoms with Gasteiger partial charge in [0, 0.05) is 11.1 Å². The first-order valence-corrected chi connectivity index (χ1v) is 6.25. The highest BCUT2D eigenvalue weighted by Crippen LogP contribution is 2.25. The lowest BCUT2D eigenvalue weighted by molar-refractivity contribution is 0.0994. The fraction of sp³-hybridized carbons (Fsp3) is 0.0625. The third kappa shape index (κ3) is 1.91. The second-order valence-electron chi connectivity index (χ2n) is 4.49. The van der Waals surface area contributed by atoms with E-state index in [2.05, 4.69) is 0 Å². The molecule has 0 spiro atoms. The molecule has 0 aliphatic carbocycles. The normalized spacial score (nSPS) is 10.7. The first-order valence-electron chi connectivity index (χ1n) is 6.25. The maximum Gasteiger partial charge on any atom is 0.265 e. The zero-order valence-corrected chi connectivity index (χ0v) is 11.0. The summed E-state index contributed by atoms with van der Waals surface area (Å²) in [5.41, 5.74) is 7.78. The molecule has 2 aromatic carbocycles. The molecule has 0 aliphatic rings. The van der Waals surface area contributed by atoms with Gasteiger partial charge in [-0.15, -0.1) is 0 Å². The van der Waals surface area contributed by atoms with Crippen LogP contribution in [0.2, 0.25) is 0 Å². The summed E-state index contributed by atoms with van der Waals surface area (Å²) < 4.78 is 7.01. The molecule has 20 heavy (non-hydrogen) atoms. The third-order valence-electron chi connectivity index (χ3n) is 3.29. The Morgan fingerprint density at radius 1 is 1.10 bits per heavy atom. The molecule has 1 amide bonds. The summed E-state index contributed by atoms with van der Waals surface area (Å²) in [4.78, 5) is 11.7. The summed E-state index contributed by atoms with van der Waals surface area (Å²) in [6.07, 6.45) is 0. The lowest BCUT2D eigenvalue weighted by atomic mass is 10.2. The zero-order valence-electron chi connectivity index (χ0n) is 11.0. The van der Waals surface area contributed by atoms with Gasteiger partial charge in [0.05, 0.1) is 12.6 Å². The number of aromatic nitrogens is 1. The number of rotatable bonds is 3. The predicted molar refractivity (Wildman–Crippen MR) is 78.3 cm³/mol. The van der Waals surface area contributed by atoms with Crippen molar-refractivity contribution in [2.24, 2.45) is 5.73 Å². The summed E-state index contributed by atoms with van der Waals surface area (Å²) in [5.74, 6) is 0.322. The molecule has 0 fully saturated rings. The first kappa shape index (κ1) is 12.3. The molecule has 0 saturated heterocycles. The van der Waals surface area contributed by atoms with Crippen molar-refractivity contribution in [2.75, 3.05) is 7.11 Å². The maximum absolute atomic E-state index is 11.7. The number of primary amides is 1.